The van der Waals surface area contributed by atoms with Crippen LogP contribution >= 0.6 is 0 Å². The Balaban J connectivity index is 1.99. The first-order chi connectivity index (χ1) is 11.2. The number of carboxylic acid groups (broad SMARTS) is 1. The number of allylic oxidation sites excluding steroid dienone is 8. The molecule has 1 saturated carbocycles. The van der Waals surface area contributed by atoms with E-state index in [1.165, 1.54) is 32.1 Å². The molecule has 0 aromatic heterocycles. The Labute approximate surface area is 141 Å². The van der Waals surface area contributed by atoms with Crippen LogP contribution in [-0.2, 0) is 4.79 Å². The molecule has 1 N–H and O–H groups in total. The van der Waals surface area contributed by atoms with Crippen molar-refractivity contribution in [1.82, 2.24) is 0 Å². The molecule has 1 fully saturated rings. The quantitative estimate of drug-likeness (QED) is 0.254. The molecule has 0 amide bonds. The van der Waals surface area contributed by atoms with E-state index in [2.05, 4.69) is 55.5 Å². The van der Waals surface area contributed by atoms with Gasteiger partial charge in [-0.15, -0.1) is 0 Å². The van der Waals surface area contributed by atoms with E-state index in [9.17, 15) is 4.79 Å². The van der Waals surface area contributed by atoms with E-state index < -0.39 is 5.97 Å². The fourth-order valence-corrected chi connectivity index (χ4v) is 2.65. The van der Waals surface area contributed by atoms with Crippen LogP contribution in [0.3, 0.4) is 0 Å². The first kappa shape index (κ1) is 19.5. The summed E-state index contributed by atoms with van der Waals surface area (Å²) in [6.45, 7) is 2.23. The van der Waals surface area contributed by atoms with Crippen LogP contribution in [0, 0.1) is 11.8 Å². The Morgan fingerprint density at radius 1 is 1.04 bits per heavy atom. The van der Waals surface area contributed by atoms with E-state index in [-0.39, 0.29) is 0 Å². The van der Waals surface area contributed by atoms with Crippen molar-refractivity contribution in [2.24, 2.45) is 11.8 Å². The van der Waals surface area contributed by atoms with Crippen LogP contribution in [0.25, 0.3) is 0 Å². The minimum Gasteiger partial charge on any atom is -0.481 e. The maximum Gasteiger partial charge on any atom is 0.303 e. The van der Waals surface area contributed by atoms with Crippen LogP contribution < -0.4 is 0 Å². The summed E-state index contributed by atoms with van der Waals surface area (Å²) in [7, 11) is 0. The summed E-state index contributed by atoms with van der Waals surface area (Å²) in [6, 6.07) is 0. The minimum atomic E-state index is -0.678. The summed E-state index contributed by atoms with van der Waals surface area (Å²) < 4.78 is 0. The first-order valence-electron chi connectivity index (χ1n) is 9.10. The molecule has 128 valence electrons. The van der Waals surface area contributed by atoms with Crippen LogP contribution in [0.2, 0.25) is 0 Å². The van der Waals surface area contributed by atoms with Gasteiger partial charge in [-0.2, -0.15) is 0 Å². The lowest BCUT2D eigenvalue weighted by Gasteiger charge is -1.94. The highest BCUT2D eigenvalue weighted by atomic mass is 16.4. The van der Waals surface area contributed by atoms with Gasteiger partial charge in [0, 0.05) is 6.42 Å². The lowest BCUT2D eigenvalue weighted by atomic mass is 10.1. The van der Waals surface area contributed by atoms with Crippen molar-refractivity contribution >= 4 is 5.97 Å². The largest absolute Gasteiger partial charge is 0.481 e. The molecule has 1 aliphatic rings. The van der Waals surface area contributed by atoms with E-state index in [4.69, 9.17) is 5.11 Å². The van der Waals surface area contributed by atoms with Gasteiger partial charge in [-0.25, -0.2) is 0 Å². The highest BCUT2D eigenvalue weighted by molar-refractivity contribution is 5.66. The maximum atomic E-state index is 10.4. The SMILES string of the molecule is CCCCC/C=C/C/C=C/C=C/C=C/C1CC1CCCC(=O)O. The average molecular weight is 316 g/mol. The van der Waals surface area contributed by atoms with Gasteiger partial charge in [-0.3, -0.25) is 4.79 Å². The van der Waals surface area contributed by atoms with E-state index in [0.717, 1.165) is 19.3 Å². The molecule has 23 heavy (non-hydrogen) atoms. The molecule has 0 bridgehead atoms. The molecule has 1 aliphatic carbocycles. The molecule has 0 spiro atoms. The second-order valence-electron chi connectivity index (χ2n) is 6.35. The standard InChI is InChI=1S/C21H32O2/c1-2-3-4-5-6-7-8-9-10-11-12-13-15-19-18-20(19)16-14-17-21(22)23/h6-7,9-13,15,19-20H,2-5,8,14,16-18H2,1H3,(H,22,23)/b7-6+,10-9+,12-11+,15-13+. The number of carboxylic acids is 1. The van der Waals surface area contributed by atoms with Crippen molar-refractivity contribution in [2.45, 2.75) is 64.7 Å². The summed E-state index contributed by atoms with van der Waals surface area (Å²) in [6.07, 6.45) is 26.8. The normalized spacial score (nSPS) is 21.3. The Hall–Kier alpha value is -1.57. The van der Waals surface area contributed by atoms with Crippen LogP contribution in [0.1, 0.15) is 64.7 Å². The number of carbonyl (C=O) groups is 1. The number of hydrogen-bond acceptors (Lipinski definition) is 1. The molecule has 2 heteroatoms. The second kappa shape index (κ2) is 12.9. The molecule has 0 radical (unpaired) electrons. The lowest BCUT2D eigenvalue weighted by Crippen LogP contribution is -1.94. The van der Waals surface area contributed by atoms with Crippen molar-refractivity contribution in [2.75, 3.05) is 0 Å². The third kappa shape index (κ3) is 11.6. The molecule has 2 atom stereocenters. The zero-order valence-electron chi connectivity index (χ0n) is 14.5. The molecular formula is C21H32O2. The predicted molar refractivity (Wildman–Crippen MR) is 98.4 cm³/mol. The smallest absolute Gasteiger partial charge is 0.303 e. The van der Waals surface area contributed by atoms with Gasteiger partial charge in [-0.05, 0) is 50.4 Å². The zero-order chi connectivity index (χ0) is 16.8. The van der Waals surface area contributed by atoms with Crippen LogP contribution in [0.4, 0.5) is 0 Å². The first-order valence-corrected chi connectivity index (χ1v) is 9.10. The molecule has 2 unspecified atom stereocenters. The summed E-state index contributed by atoms with van der Waals surface area (Å²) in [4.78, 5) is 10.4. The van der Waals surface area contributed by atoms with E-state index in [0.29, 0.717) is 18.3 Å². The van der Waals surface area contributed by atoms with Gasteiger partial charge in [-0.1, -0.05) is 68.4 Å². The molecular weight excluding hydrogens is 284 g/mol. The zero-order valence-corrected chi connectivity index (χ0v) is 14.5. The number of unbranched alkanes of at least 4 members (excludes halogenated alkanes) is 3. The van der Waals surface area contributed by atoms with Crippen LogP contribution in [0.5, 0.6) is 0 Å². The van der Waals surface area contributed by atoms with E-state index in [1.807, 2.05) is 0 Å². The Bertz CT molecular complexity index is 429. The van der Waals surface area contributed by atoms with Gasteiger partial charge in [0.25, 0.3) is 0 Å². The number of aliphatic carboxylic acids is 1. The fourth-order valence-electron chi connectivity index (χ4n) is 2.65. The minimum absolute atomic E-state index is 0.310. The van der Waals surface area contributed by atoms with Crippen molar-refractivity contribution in [3.05, 3.63) is 48.6 Å². The van der Waals surface area contributed by atoms with Crippen molar-refractivity contribution in [3.63, 3.8) is 0 Å². The Morgan fingerprint density at radius 3 is 2.65 bits per heavy atom. The molecule has 2 nitrogen and oxygen atoms in total. The van der Waals surface area contributed by atoms with Crippen LogP contribution in [0.15, 0.2) is 48.6 Å². The molecule has 0 saturated heterocycles. The van der Waals surface area contributed by atoms with Crippen LogP contribution in [-0.4, -0.2) is 11.1 Å². The van der Waals surface area contributed by atoms with E-state index in [1.54, 1.807) is 0 Å². The van der Waals surface area contributed by atoms with Gasteiger partial charge >= 0.3 is 5.97 Å². The predicted octanol–water partition coefficient (Wildman–Crippen LogP) is 6.07. The van der Waals surface area contributed by atoms with Crippen molar-refractivity contribution in [1.29, 1.82) is 0 Å². The number of hydrogen-bond donors (Lipinski definition) is 1. The molecule has 0 aromatic rings. The Kier molecular flexibility index (Phi) is 10.9. The molecule has 0 aliphatic heterocycles. The Morgan fingerprint density at radius 2 is 1.87 bits per heavy atom. The van der Waals surface area contributed by atoms with Crippen molar-refractivity contribution in [3.8, 4) is 0 Å². The third-order valence-electron chi connectivity index (χ3n) is 4.18. The van der Waals surface area contributed by atoms with Gasteiger partial charge in [0.2, 0.25) is 0 Å². The molecule has 1 rings (SSSR count). The van der Waals surface area contributed by atoms with E-state index >= 15 is 0 Å². The highest BCUT2D eigenvalue weighted by Gasteiger charge is 2.33. The fraction of sp³-hybridized carbons (Fsp3) is 0.571. The topological polar surface area (TPSA) is 37.3 Å². The summed E-state index contributed by atoms with van der Waals surface area (Å²) >= 11 is 0. The van der Waals surface area contributed by atoms with Gasteiger partial charge in [0.1, 0.15) is 0 Å². The highest BCUT2D eigenvalue weighted by Crippen LogP contribution is 2.43. The van der Waals surface area contributed by atoms with Gasteiger partial charge < -0.3 is 5.11 Å². The number of rotatable bonds is 13. The monoisotopic (exact) mass is 316 g/mol. The average Bonchev–Trinajstić information content (AvgIpc) is 3.26. The summed E-state index contributed by atoms with van der Waals surface area (Å²) in [5.74, 6) is 0.708. The van der Waals surface area contributed by atoms with Gasteiger partial charge in [0.05, 0.1) is 0 Å². The molecule has 0 heterocycles. The third-order valence-corrected chi connectivity index (χ3v) is 4.18. The van der Waals surface area contributed by atoms with Crippen molar-refractivity contribution < 1.29 is 9.90 Å². The summed E-state index contributed by atoms with van der Waals surface area (Å²) in [5.41, 5.74) is 0. The maximum absolute atomic E-state index is 10.4. The lowest BCUT2D eigenvalue weighted by molar-refractivity contribution is -0.137. The molecule has 0 aromatic carbocycles. The summed E-state index contributed by atoms with van der Waals surface area (Å²) in [5, 5.41) is 8.61. The van der Waals surface area contributed by atoms with Gasteiger partial charge in [0.15, 0.2) is 0 Å². The second-order valence-corrected chi connectivity index (χ2v) is 6.35.